The molecule has 0 heterocycles. The van der Waals surface area contributed by atoms with Crippen molar-refractivity contribution in [3.8, 4) is 23.0 Å². The van der Waals surface area contributed by atoms with E-state index in [2.05, 4.69) is 0 Å². The molecule has 0 aliphatic rings. The van der Waals surface area contributed by atoms with Gasteiger partial charge in [0, 0.05) is 6.07 Å². The first-order chi connectivity index (χ1) is 13.8. The van der Waals surface area contributed by atoms with E-state index in [1.165, 1.54) is 18.2 Å². The van der Waals surface area contributed by atoms with Gasteiger partial charge in [0.2, 0.25) is 5.78 Å². The van der Waals surface area contributed by atoms with E-state index >= 15 is 0 Å². The van der Waals surface area contributed by atoms with Crippen molar-refractivity contribution < 1.29 is 34.4 Å². The van der Waals surface area contributed by atoms with Crippen molar-refractivity contribution in [2.45, 2.75) is 40.0 Å². The Morgan fingerprint density at radius 3 is 2.14 bits per heavy atom. The predicted molar refractivity (Wildman–Crippen MR) is 107 cm³/mol. The van der Waals surface area contributed by atoms with Gasteiger partial charge in [-0.05, 0) is 43.5 Å². The second-order valence-electron chi connectivity index (χ2n) is 6.71. The highest BCUT2D eigenvalue weighted by atomic mass is 16.5. The van der Waals surface area contributed by atoms with Gasteiger partial charge in [0.1, 0.15) is 28.6 Å². The van der Waals surface area contributed by atoms with Gasteiger partial charge in [-0.25, -0.2) is 4.79 Å². The highest BCUT2D eigenvalue weighted by molar-refractivity contribution is 6.18. The summed E-state index contributed by atoms with van der Waals surface area (Å²) < 4.78 is 10.8. The molecule has 0 atom stereocenters. The number of phenolic OH excluding ortho intramolecular Hbond substituents is 3. The molecule has 7 heteroatoms. The molecule has 2 aromatic carbocycles. The summed E-state index contributed by atoms with van der Waals surface area (Å²) in [6.45, 7) is 5.85. The highest BCUT2D eigenvalue weighted by Gasteiger charge is 2.29. The minimum atomic E-state index is -0.812. The number of hydrogen-bond acceptors (Lipinski definition) is 7. The molecule has 0 amide bonds. The van der Waals surface area contributed by atoms with Crippen molar-refractivity contribution in [1.29, 1.82) is 0 Å². The van der Waals surface area contributed by atoms with Crippen molar-refractivity contribution >= 4 is 11.8 Å². The van der Waals surface area contributed by atoms with Crippen LogP contribution in [0.1, 0.15) is 65.0 Å². The normalized spacial score (nSPS) is 10.6. The number of benzene rings is 2. The zero-order chi connectivity index (χ0) is 21.6. The lowest BCUT2D eigenvalue weighted by molar-refractivity contribution is 0.0495. The van der Waals surface area contributed by atoms with Crippen molar-refractivity contribution in [2.24, 2.45) is 0 Å². The van der Waals surface area contributed by atoms with Crippen molar-refractivity contribution in [3.05, 3.63) is 46.5 Å². The molecule has 0 bridgehead atoms. The van der Waals surface area contributed by atoms with Gasteiger partial charge in [0.05, 0.1) is 24.3 Å². The predicted octanol–water partition coefficient (Wildman–Crippen LogP) is 4.09. The zero-order valence-electron chi connectivity index (χ0n) is 16.8. The molecule has 29 heavy (non-hydrogen) atoms. The van der Waals surface area contributed by atoms with Gasteiger partial charge in [0.25, 0.3) is 0 Å². The average Bonchev–Trinajstić information content (AvgIpc) is 2.64. The number of esters is 1. The Morgan fingerprint density at radius 2 is 1.55 bits per heavy atom. The van der Waals surface area contributed by atoms with E-state index < -0.39 is 23.3 Å². The lowest BCUT2D eigenvalue weighted by atomic mass is 9.95. The van der Waals surface area contributed by atoms with E-state index in [1.54, 1.807) is 6.92 Å². The molecule has 0 radical (unpaired) electrons. The summed E-state index contributed by atoms with van der Waals surface area (Å²) in [5, 5.41) is 30.5. The number of phenols is 3. The average molecular weight is 402 g/mol. The third kappa shape index (κ3) is 5.19. The van der Waals surface area contributed by atoms with E-state index in [9.17, 15) is 24.9 Å². The highest BCUT2D eigenvalue weighted by Crippen LogP contribution is 2.36. The first-order valence-electron chi connectivity index (χ1n) is 9.54. The largest absolute Gasteiger partial charge is 0.508 e. The Kier molecular flexibility index (Phi) is 7.47. The van der Waals surface area contributed by atoms with Gasteiger partial charge in [-0.1, -0.05) is 20.3 Å². The van der Waals surface area contributed by atoms with E-state index in [-0.39, 0.29) is 41.4 Å². The first kappa shape index (κ1) is 22.1. The third-order valence-electron chi connectivity index (χ3n) is 4.19. The summed E-state index contributed by atoms with van der Waals surface area (Å²) in [4.78, 5) is 25.9. The molecule has 156 valence electrons. The van der Waals surface area contributed by atoms with Crippen LogP contribution in [0.25, 0.3) is 0 Å². The molecule has 0 saturated heterocycles. The standard InChI is InChI=1S/C22H26O7/c1-4-6-8-29-22(27)15-11-14(23)12-18(28-7-5-2)19(15)21(26)20-16(24)9-13(3)10-17(20)25/h9-12,23-25H,4-8H2,1-3H3. The Hall–Kier alpha value is -3.22. The van der Waals surface area contributed by atoms with Crippen LogP contribution in [-0.2, 0) is 4.74 Å². The minimum Gasteiger partial charge on any atom is -0.508 e. The summed E-state index contributed by atoms with van der Waals surface area (Å²) in [5.74, 6) is -2.76. The smallest absolute Gasteiger partial charge is 0.339 e. The Balaban J connectivity index is 2.63. The van der Waals surface area contributed by atoms with Crippen LogP contribution in [0.15, 0.2) is 24.3 Å². The molecule has 7 nitrogen and oxygen atoms in total. The number of ether oxygens (including phenoxy) is 2. The van der Waals surface area contributed by atoms with Gasteiger partial charge in [0.15, 0.2) is 0 Å². The van der Waals surface area contributed by atoms with Crippen LogP contribution < -0.4 is 4.74 Å². The quantitative estimate of drug-likeness (QED) is 0.329. The maximum atomic E-state index is 13.3. The zero-order valence-corrected chi connectivity index (χ0v) is 16.8. The number of carbonyl (C=O) groups is 2. The topological polar surface area (TPSA) is 113 Å². The molecule has 0 unspecified atom stereocenters. The van der Waals surface area contributed by atoms with Gasteiger partial charge >= 0.3 is 5.97 Å². The van der Waals surface area contributed by atoms with Crippen LogP contribution in [0, 0.1) is 6.92 Å². The van der Waals surface area contributed by atoms with E-state index in [4.69, 9.17) is 9.47 Å². The Bertz CT molecular complexity index is 879. The first-order valence-corrected chi connectivity index (χ1v) is 9.54. The van der Waals surface area contributed by atoms with Crippen LogP contribution in [0.5, 0.6) is 23.0 Å². The molecule has 0 saturated carbocycles. The SMILES string of the molecule is CCCCOC(=O)c1cc(O)cc(OCCC)c1C(=O)c1c(O)cc(C)cc1O. The lowest BCUT2D eigenvalue weighted by Gasteiger charge is -2.16. The number of carbonyl (C=O) groups excluding carboxylic acids is 2. The molecule has 0 spiro atoms. The molecule has 0 aromatic heterocycles. The summed E-state index contributed by atoms with van der Waals surface area (Å²) in [6, 6.07) is 5.00. The van der Waals surface area contributed by atoms with Crippen LogP contribution in [0.4, 0.5) is 0 Å². The van der Waals surface area contributed by atoms with Crippen LogP contribution in [0.2, 0.25) is 0 Å². The molecule has 0 aliphatic heterocycles. The summed E-state index contributed by atoms with van der Waals surface area (Å²) >= 11 is 0. The van der Waals surface area contributed by atoms with Gasteiger partial charge in [-0.2, -0.15) is 0 Å². The minimum absolute atomic E-state index is 0.0290. The number of hydrogen-bond donors (Lipinski definition) is 3. The number of ketones is 1. The second-order valence-corrected chi connectivity index (χ2v) is 6.71. The fraction of sp³-hybridized carbons (Fsp3) is 0.364. The molecule has 2 aromatic rings. The molecule has 0 fully saturated rings. The van der Waals surface area contributed by atoms with Crippen LogP contribution >= 0.6 is 0 Å². The molecular formula is C22H26O7. The van der Waals surface area contributed by atoms with E-state index in [1.807, 2.05) is 13.8 Å². The molecule has 0 aliphatic carbocycles. The Morgan fingerprint density at radius 1 is 0.897 bits per heavy atom. The fourth-order valence-corrected chi connectivity index (χ4v) is 2.82. The third-order valence-corrected chi connectivity index (χ3v) is 4.19. The van der Waals surface area contributed by atoms with Crippen molar-refractivity contribution in [1.82, 2.24) is 0 Å². The molecule has 2 rings (SSSR count). The van der Waals surface area contributed by atoms with Crippen LogP contribution in [-0.4, -0.2) is 40.3 Å². The number of aromatic hydroxyl groups is 3. The summed E-state index contributed by atoms with van der Waals surface area (Å²) in [7, 11) is 0. The van der Waals surface area contributed by atoms with Gasteiger partial charge < -0.3 is 24.8 Å². The maximum absolute atomic E-state index is 13.3. The summed E-state index contributed by atoms with van der Waals surface area (Å²) in [5.41, 5.74) is -0.182. The van der Waals surface area contributed by atoms with Crippen LogP contribution in [0.3, 0.4) is 0 Å². The number of unbranched alkanes of at least 4 members (excludes halogenated alkanes) is 1. The molecular weight excluding hydrogens is 376 g/mol. The number of aryl methyl sites for hydroxylation is 1. The van der Waals surface area contributed by atoms with Gasteiger partial charge in [-0.15, -0.1) is 0 Å². The van der Waals surface area contributed by atoms with E-state index in [0.29, 0.717) is 18.4 Å². The second kappa shape index (κ2) is 9.82. The van der Waals surface area contributed by atoms with E-state index in [0.717, 1.165) is 12.5 Å². The number of rotatable bonds is 9. The maximum Gasteiger partial charge on any atom is 0.339 e. The fourth-order valence-electron chi connectivity index (χ4n) is 2.82. The Labute approximate surface area is 169 Å². The monoisotopic (exact) mass is 402 g/mol. The van der Waals surface area contributed by atoms with Crippen molar-refractivity contribution in [2.75, 3.05) is 13.2 Å². The lowest BCUT2D eigenvalue weighted by Crippen LogP contribution is -2.16. The summed E-state index contributed by atoms with van der Waals surface area (Å²) in [6.07, 6.45) is 2.09. The molecule has 3 N–H and O–H groups in total. The van der Waals surface area contributed by atoms with Crippen molar-refractivity contribution in [3.63, 3.8) is 0 Å². The van der Waals surface area contributed by atoms with Gasteiger partial charge in [-0.3, -0.25) is 4.79 Å².